The number of benzene rings is 1. The molecule has 2 rings (SSSR count). The zero-order valence-electron chi connectivity index (χ0n) is 17.1. The molecule has 0 atom stereocenters. The van der Waals surface area contributed by atoms with E-state index in [-0.39, 0.29) is 46.4 Å². The maximum absolute atomic E-state index is 12.5. The number of esters is 2. The van der Waals surface area contributed by atoms with E-state index in [2.05, 4.69) is 0 Å². The van der Waals surface area contributed by atoms with Gasteiger partial charge in [0.15, 0.2) is 12.4 Å². The van der Waals surface area contributed by atoms with E-state index in [0.29, 0.717) is 17.3 Å². The molecule has 1 aliphatic rings. The summed E-state index contributed by atoms with van der Waals surface area (Å²) in [7, 11) is 0. The zero-order chi connectivity index (χ0) is 23.1. The summed E-state index contributed by atoms with van der Waals surface area (Å²) in [6.45, 7) is 5.01. The summed E-state index contributed by atoms with van der Waals surface area (Å²) in [6.07, 6.45) is 1.43. The van der Waals surface area contributed by atoms with Gasteiger partial charge in [0.25, 0.3) is 11.1 Å². The Labute approximate surface area is 193 Å². The second kappa shape index (κ2) is 11.4. The van der Waals surface area contributed by atoms with Crippen LogP contribution in [0.3, 0.4) is 0 Å². The van der Waals surface area contributed by atoms with Crippen LogP contribution in [-0.4, -0.2) is 54.4 Å². The number of halogens is 2. The van der Waals surface area contributed by atoms with Crippen molar-refractivity contribution in [2.45, 2.75) is 20.8 Å². The van der Waals surface area contributed by atoms with Crippen LogP contribution in [-0.2, 0) is 23.9 Å². The van der Waals surface area contributed by atoms with Crippen molar-refractivity contribution in [1.82, 2.24) is 4.90 Å². The Kier molecular flexibility index (Phi) is 9.21. The third-order valence-electron chi connectivity index (χ3n) is 3.70. The molecule has 1 aliphatic heterocycles. The first kappa shape index (κ1) is 25.0. The van der Waals surface area contributed by atoms with Gasteiger partial charge in [-0.25, -0.2) is 4.79 Å². The molecule has 0 spiro atoms. The summed E-state index contributed by atoms with van der Waals surface area (Å²) in [5.41, 5.74) is 0.436. The molecule has 31 heavy (non-hydrogen) atoms. The van der Waals surface area contributed by atoms with Crippen LogP contribution in [0.5, 0.6) is 5.75 Å². The van der Waals surface area contributed by atoms with Crippen LogP contribution in [0.25, 0.3) is 6.08 Å². The molecule has 1 aromatic rings. The molecule has 1 heterocycles. The van der Waals surface area contributed by atoms with E-state index in [9.17, 15) is 19.2 Å². The highest BCUT2D eigenvalue weighted by atomic mass is 35.5. The molecular weight excluding hydrogens is 469 g/mol. The van der Waals surface area contributed by atoms with Crippen LogP contribution in [0, 0.1) is 5.92 Å². The summed E-state index contributed by atoms with van der Waals surface area (Å²) >= 11 is 13.1. The number of nitrogens with zero attached hydrogens (tertiary/aromatic N) is 1. The molecule has 8 nitrogen and oxygen atoms in total. The fourth-order valence-electron chi connectivity index (χ4n) is 2.36. The Bertz CT molecular complexity index is 894. The van der Waals surface area contributed by atoms with Crippen molar-refractivity contribution < 1.29 is 33.4 Å². The van der Waals surface area contributed by atoms with E-state index in [0.717, 1.165) is 4.90 Å². The van der Waals surface area contributed by atoms with Gasteiger partial charge in [-0.1, -0.05) is 37.0 Å². The van der Waals surface area contributed by atoms with E-state index >= 15 is 0 Å². The van der Waals surface area contributed by atoms with E-state index < -0.39 is 29.6 Å². The Hall–Kier alpha value is -2.23. The first-order chi connectivity index (χ1) is 14.6. The van der Waals surface area contributed by atoms with Gasteiger partial charge in [-0.2, -0.15) is 0 Å². The molecule has 0 bridgehead atoms. The van der Waals surface area contributed by atoms with E-state index in [1.54, 1.807) is 6.92 Å². The van der Waals surface area contributed by atoms with Crippen molar-refractivity contribution >= 4 is 64.1 Å². The summed E-state index contributed by atoms with van der Waals surface area (Å²) in [6, 6.07) is 2.94. The van der Waals surface area contributed by atoms with Crippen LogP contribution in [0.4, 0.5) is 4.79 Å². The SMILES string of the molecule is CCOC(=O)COc1c(Cl)cc(/C=C2\SC(=O)N(CC(=O)OCC(C)C)C2=O)cc1Cl. The normalized spacial score (nSPS) is 15.0. The van der Waals surface area contributed by atoms with Gasteiger partial charge in [-0.05, 0) is 48.4 Å². The highest BCUT2D eigenvalue weighted by molar-refractivity contribution is 8.18. The molecule has 0 N–H and O–H groups in total. The Morgan fingerprint density at radius 2 is 1.77 bits per heavy atom. The summed E-state index contributed by atoms with van der Waals surface area (Å²) in [5.74, 6) is -1.62. The van der Waals surface area contributed by atoms with Crippen molar-refractivity contribution in [3.05, 3.63) is 32.6 Å². The van der Waals surface area contributed by atoms with E-state index in [1.807, 2.05) is 13.8 Å². The average Bonchev–Trinajstić information content (AvgIpc) is 2.93. The van der Waals surface area contributed by atoms with Crippen molar-refractivity contribution in [3.8, 4) is 5.75 Å². The third kappa shape index (κ3) is 7.15. The standard InChI is InChI=1S/C20H21Cl2NO7S/c1-4-28-17(25)10-30-18-13(21)5-12(6-14(18)22)7-15-19(26)23(20(27)31-15)8-16(24)29-9-11(2)3/h5-7,11H,4,8-10H2,1-3H3/b15-7-. The van der Waals surface area contributed by atoms with Crippen molar-refractivity contribution in [3.63, 3.8) is 0 Å². The number of ether oxygens (including phenoxy) is 3. The minimum Gasteiger partial charge on any atom is -0.479 e. The molecule has 168 valence electrons. The van der Waals surface area contributed by atoms with Crippen molar-refractivity contribution in [1.29, 1.82) is 0 Å². The van der Waals surface area contributed by atoms with Gasteiger partial charge in [-0.3, -0.25) is 19.3 Å². The molecule has 0 radical (unpaired) electrons. The number of carbonyl (C=O) groups excluding carboxylic acids is 4. The topological polar surface area (TPSA) is 99.2 Å². The van der Waals surface area contributed by atoms with Gasteiger partial charge in [-0.15, -0.1) is 0 Å². The highest BCUT2D eigenvalue weighted by Gasteiger charge is 2.36. The fraction of sp³-hybridized carbons (Fsp3) is 0.400. The number of imide groups is 1. The van der Waals surface area contributed by atoms with Gasteiger partial charge >= 0.3 is 11.9 Å². The number of hydrogen-bond acceptors (Lipinski definition) is 8. The molecule has 1 saturated heterocycles. The number of carbonyl (C=O) groups is 4. The lowest BCUT2D eigenvalue weighted by molar-refractivity contribution is -0.147. The molecule has 11 heteroatoms. The number of hydrogen-bond donors (Lipinski definition) is 0. The Morgan fingerprint density at radius 3 is 2.35 bits per heavy atom. The lowest BCUT2D eigenvalue weighted by Gasteiger charge is -2.12. The number of rotatable bonds is 9. The lowest BCUT2D eigenvalue weighted by Crippen LogP contribution is -2.34. The highest BCUT2D eigenvalue weighted by Crippen LogP contribution is 2.37. The Morgan fingerprint density at radius 1 is 1.13 bits per heavy atom. The fourth-order valence-corrected chi connectivity index (χ4v) is 3.81. The Balaban J connectivity index is 2.11. The van der Waals surface area contributed by atoms with Crippen LogP contribution in [0.1, 0.15) is 26.3 Å². The quantitative estimate of drug-likeness (QED) is 0.376. The summed E-state index contributed by atoms with van der Waals surface area (Å²) in [4.78, 5) is 48.9. The lowest BCUT2D eigenvalue weighted by atomic mass is 10.2. The van der Waals surface area contributed by atoms with E-state index in [4.69, 9.17) is 37.4 Å². The summed E-state index contributed by atoms with van der Waals surface area (Å²) < 4.78 is 15.1. The van der Waals surface area contributed by atoms with E-state index in [1.165, 1.54) is 18.2 Å². The number of amides is 2. The predicted octanol–water partition coefficient (Wildman–Crippen LogP) is 4.17. The minimum absolute atomic E-state index is 0.0922. The smallest absolute Gasteiger partial charge is 0.344 e. The van der Waals surface area contributed by atoms with Gasteiger partial charge in [0.05, 0.1) is 28.2 Å². The van der Waals surface area contributed by atoms with Crippen LogP contribution >= 0.6 is 35.0 Å². The van der Waals surface area contributed by atoms with Gasteiger partial charge in [0, 0.05) is 0 Å². The first-order valence-corrected chi connectivity index (χ1v) is 10.9. The second-order valence-electron chi connectivity index (χ2n) is 6.75. The van der Waals surface area contributed by atoms with Gasteiger partial charge < -0.3 is 14.2 Å². The van der Waals surface area contributed by atoms with Crippen LogP contribution in [0.15, 0.2) is 17.0 Å². The largest absolute Gasteiger partial charge is 0.479 e. The molecule has 2 amide bonds. The van der Waals surface area contributed by atoms with Crippen molar-refractivity contribution in [2.24, 2.45) is 5.92 Å². The predicted molar refractivity (Wildman–Crippen MR) is 117 cm³/mol. The first-order valence-electron chi connectivity index (χ1n) is 9.30. The molecule has 1 fully saturated rings. The summed E-state index contributed by atoms with van der Waals surface area (Å²) in [5, 5.41) is -0.358. The molecular formula is C20H21Cl2NO7S. The average molecular weight is 490 g/mol. The van der Waals surface area contributed by atoms with Crippen LogP contribution < -0.4 is 4.74 Å². The molecule has 0 saturated carbocycles. The van der Waals surface area contributed by atoms with Gasteiger partial charge in [0.1, 0.15) is 6.54 Å². The third-order valence-corrected chi connectivity index (χ3v) is 5.17. The molecule has 0 unspecified atom stereocenters. The van der Waals surface area contributed by atoms with Gasteiger partial charge in [0.2, 0.25) is 0 Å². The molecule has 0 aromatic heterocycles. The molecule has 0 aliphatic carbocycles. The zero-order valence-corrected chi connectivity index (χ0v) is 19.4. The molecule has 1 aromatic carbocycles. The number of thioether (sulfide) groups is 1. The maximum Gasteiger partial charge on any atom is 0.344 e. The maximum atomic E-state index is 12.5. The van der Waals surface area contributed by atoms with Crippen molar-refractivity contribution in [2.75, 3.05) is 26.4 Å². The van der Waals surface area contributed by atoms with Crippen LogP contribution in [0.2, 0.25) is 10.0 Å². The monoisotopic (exact) mass is 489 g/mol. The minimum atomic E-state index is -0.661. The second-order valence-corrected chi connectivity index (χ2v) is 8.56.